The number of aromatic nitrogens is 2. The second-order valence-corrected chi connectivity index (χ2v) is 4.93. The fourth-order valence-corrected chi connectivity index (χ4v) is 2.36. The summed E-state index contributed by atoms with van der Waals surface area (Å²) >= 11 is 0. The molecule has 1 aromatic rings. The van der Waals surface area contributed by atoms with E-state index in [1.165, 1.54) is 25.7 Å². The van der Waals surface area contributed by atoms with E-state index in [2.05, 4.69) is 12.0 Å². The van der Waals surface area contributed by atoms with Gasteiger partial charge >= 0.3 is 0 Å². The summed E-state index contributed by atoms with van der Waals surface area (Å²) in [6.07, 6.45) is 6.71. The summed E-state index contributed by atoms with van der Waals surface area (Å²) in [6, 6.07) is 0. The third-order valence-corrected chi connectivity index (χ3v) is 3.48. The molecule has 0 aliphatic heterocycles. The number of hydrogen-bond acceptors (Lipinski definition) is 2. The third kappa shape index (κ3) is 3.84. The standard InChI is InChI=1S/C14H26N2O/c1-5-6-7-8-9-10-13(17)14-11(2)15-16(4)12(14)3/h13,17H,5-10H2,1-4H3. The lowest BCUT2D eigenvalue weighted by atomic mass is 10.0. The molecule has 0 bridgehead atoms. The van der Waals surface area contributed by atoms with Crippen molar-refractivity contribution in [2.75, 3.05) is 0 Å². The highest BCUT2D eigenvalue weighted by atomic mass is 16.3. The molecule has 1 N–H and O–H groups in total. The average Bonchev–Trinajstić information content (AvgIpc) is 2.53. The van der Waals surface area contributed by atoms with Gasteiger partial charge in [-0.25, -0.2) is 0 Å². The molecule has 0 saturated carbocycles. The lowest BCUT2D eigenvalue weighted by Crippen LogP contribution is -2.01. The molecule has 0 saturated heterocycles. The van der Waals surface area contributed by atoms with Crippen LogP contribution in [0.2, 0.25) is 0 Å². The van der Waals surface area contributed by atoms with E-state index in [9.17, 15) is 5.11 Å². The number of hydrogen-bond donors (Lipinski definition) is 1. The first-order chi connectivity index (χ1) is 8.07. The highest BCUT2D eigenvalue weighted by Gasteiger charge is 2.17. The largest absolute Gasteiger partial charge is 0.388 e. The van der Waals surface area contributed by atoms with Crippen LogP contribution in [0.5, 0.6) is 0 Å². The second kappa shape index (κ2) is 6.80. The lowest BCUT2D eigenvalue weighted by molar-refractivity contribution is 0.162. The molecule has 1 heterocycles. The fraction of sp³-hybridized carbons (Fsp3) is 0.786. The smallest absolute Gasteiger partial charge is 0.0825 e. The van der Waals surface area contributed by atoms with E-state index in [0.29, 0.717) is 0 Å². The highest BCUT2D eigenvalue weighted by Crippen LogP contribution is 2.25. The summed E-state index contributed by atoms with van der Waals surface area (Å²) in [5.41, 5.74) is 3.08. The van der Waals surface area contributed by atoms with Crippen LogP contribution in [0.1, 0.15) is 68.5 Å². The van der Waals surface area contributed by atoms with Gasteiger partial charge < -0.3 is 5.11 Å². The average molecular weight is 238 g/mol. The summed E-state index contributed by atoms with van der Waals surface area (Å²) in [5, 5.41) is 14.5. The Morgan fingerprint density at radius 2 is 1.82 bits per heavy atom. The van der Waals surface area contributed by atoms with Crippen molar-refractivity contribution in [3.8, 4) is 0 Å². The molecule has 1 aromatic heterocycles. The van der Waals surface area contributed by atoms with Gasteiger partial charge in [0.05, 0.1) is 11.8 Å². The van der Waals surface area contributed by atoms with Crippen molar-refractivity contribution < 1.29 is 5.11 Å². The van der Waals surface area contributed by atoms with Crippen LogP contribution in [0, 0.1) is 13.8 Å². The predicted molar refractivity (Wildman–Crippen MR) is 71.0 cm³/mol. The Labute approximate surface area is 105 Å². The van der Waals surface area contributed by atoms with Crippen LogP contribution in [0.25, 0.3) is 0 Å². The zero-order valence-electron chi connectivity index (χ0n) is 11.7. The highest BCUT2D eigenvalue weighted by molar-refractivity contribution is 5.26. The van der Waals surface area contributed by atoms with Gasteiger partial charge in [-0.05, 0) is 20.3 Å². The monoisotopic (exact) mass is 238 g/mol. The molecule has 98 valence electrons. The quantitative estimate of drug-likeness (QED) is 0.739. The van der Waals surface area contributed by atoms with Crippen molar-refractivity contribution in [3.05, 3.63) is 17.0 Å². The molecule has 0 amide bonds. The number of aliphatic hydroxyl groups is 1. The number of aliphatic hydroxyl groups excluding tert-OH is 1. The Kier molecular flexibility index (Phi) is 5.69. The van der Waals surface area contributed by atoms with Gasteiger partial charge in [0.15, 0.2) is 0 Å². The van der Waals surface area contributed by atoms with Crippen LogP contribution in [-0.4, -0.2) is 14.9 Å². The van der Waals surface area contributed by atoms with Crippen LogP contribution in [0.3, 0.4) is 0 Å². The Hall–Kier alpha value is -0.830. The van der Waals surface area contributed by atoms with Crippen molar-refractivity contribution in [2.45, 2.75) is 65.4 Å². The first-order valence-corrected chi connectivity index (χ1v) is 6.76. The van der Waals surface area contributed by atoms with E-state index in [4.69, 9.17) is 0 Å². The van der Waals surface area contributed by atoms with E-state index in [0.717, 1.165) is 29.8 Å². The van der Waals surface area contributed by atoms with Crippen LogP contribution in [-0.2, 0) is 7.05 Å². The molecule has 1 rings (SSSR count). The molecule has 17 heavy (non-hydrogen) atoms. The number of unbranched alkanes of at least 4 members (excludes halogenated alkanes) is 4. The zero-order valence-corrected chi connectivity index (χ0v) is 11.7. The van der Waals surface area contributed by atoms with Gasteiger partial charge in [-0.1, -0.05) is 39.0 Å². The van der Waals surface area contributed by atoms with Crippen molar-refractivity contribution >= 4 is 0 Å². The van der Waals surface area contributed by atoms with Gasteiger partial charge in [-0.2, -0.15) is 5.10 Å². The number of aryl methyl sites for hydroxylation is 2. The Morgan fingerprint density at radius 1 is 1.18 bits per heavy atom. The third-order valence-electron chi connectivity index (χ3n) is 3.48. The molecule has 1 atom stereocenters. The molecule has 0 aliphatic rings. The van der Waals surface area contributed by atoms with Gasteiger partial charge in [0, 0.05) is 18.3 Å². The van der Waals surface area contributed by atoms with E-state index >= 15 is 0 Å². The molecule has 0 aromatic carbocycles. The Bertz CT molecular complexity index is 344. The molecule has 3 heteroatoms. The minimum atomic E-state index is -0.342. The summed E-state index contributed by atoms with van der Waals surface area (Å²) in [4.78, 5) is 0. The molecular weight excluding hydrogens is 212 g/mol. The predicted octanol–water partition coefficient (Wildman–Crippen LogP) is 3.43. The van der Waals surface area contributed by atoms with Gasteiger partial charge in [0.25, 0.3) is 0 Å². The lowest BCUT2D eigenvalue weighted by Gasteiger charge is -2.11. The van der Waals surface area contributed by atoms with Crippen LogP contribution < -0.4 is 0 Å². The van der Waals surface area contributed by atoms with E-state index in [-0.39, 0.29) is 6.10 Å². The molecule has 3 nitrogen and oxygen atoms in total. The minimum Gasteiger partial charge on any atom is -0.388 e. The maximum Gasteiger partial charge on any atom is 0.0825 e. The Morgan fingerprint density at radius 3 is 2.35 bits per heavy atom. The normalized spacial score (nSPS) is 13.0. The SMILES string of the molecule is CCCCCCCC(O)c1c(C)nn(C)c1C. The molecule has 0 fully saturated rings. The van der Waals surface area contributed by atoms with Gasteiger partial charge in [-0.15, -0.1) is 0 Å². The van der Waals surface area contributed by atoms with Crippen molar-refractivity contribution in [3.63, 3.8) is 0 Å². The van der Waals surface area contributed by atoms with Gasteiger partial charge in [0.2, 0.25) is 0 Å². The fourth-order valence-electron chi connectivity index (χ4n) is 2.36. The number of nitrogens with zero attached hydrogens (tertiary/aromatic N) is 2. The van der Waals surface area contributed by atoms with Gasteiger partial charge in [0.1, 0.15) is 0 Å². The second-order valence-electron chi connectivity index (χ2n) is 4.93. The van der Waals surface area contributed by atoms with Crippen LogP contribution in [0.15, 0.2) is 0 Å². The van der Waals surface area contributed by atoms with Crippen molar-refractivity contribution in [1.29, 1.82) is 0 Å². The topological polar surface area (TPSA) is 38.1 Å². The molecule has 0 radical (unpaired) electrons. The summed E-state index contributed by atoms with van der Waals surface area (Å²) in [7, 11) is 1.93. The van der Waals surface area contributed by atoms with Crippen molar-refractivity contribution in [2.24, 2.45) is 7.05 Å². The van der Waals surface area contributed by atoms with Crippen LogP contribution >= 0.6 is 0 Å². The first-order valence-electron chi connectivity index (χ1n) is 6.76. The van der Waals surface area contributed by atoms with E-state index < -0.39 is 0 Å². The minimum absolute atomic E-state index is 0.342. The number of rotatable bonds is 7. The molecular formula is C14H26N2O. The maximum atomic E-state index is 10.2. The molecule has 0 aliphatic carbocycles. The summed E-state index contributed by atoms with van der Waals surface area (Å²) in [6.45, 7) is 6.22. The van der Waals surface area contributed by atoms with Crippen molar-refractivity contribution in [1.82, 2.24) is 9.78 Å². The summed E-state index contributed by atoms with van der Waals surface area (Å²) < 4.78 is 1.85. The molecule has 0 spiro atoms. The first kappa shape index (κ1) is 14.2. The molecule has 1 unspecified atom stereocenters. The van der Waals surface area contributed by atoms with Crippen LogP contribution in [0.4, 0.5) is 0 Å². The van der Waals surface area contributed by atoms with E-state index in [1.807, 2.05) is 25.6 Å². The maximum absolute atomic E-state index is 10.2. The Balaban J connectivity index is 2.44. The zero-order chi connectivity index (χ0) is 12.8. The van der Waals surface area contributed by atoms with Gasteiger partial charge in [-0.3, -0.25) is 4.68 Å². The van der Waals surface area contributed by atoms with E-state index in [1.54, 1.807) is 0 Å². The summed E-state index contributed by atoms with van der Waals surface area (Å²) in [5.74, 6) is 0.